The van der Waals surface area contributed by atoms with Crippen LogP contribution in [0.4, 0.5) is 36.2 Å². The summed E-state index contributed by atoms with van der Waals surface area (Å²) in [5.41, 5.74) is 0.713. The third-order valence-corrected chi connectivity index (χ3v) is 3.23. The van der Waals surface area contributed by atoms with Gasteiger partial charge in [0.2, 0.25) is 5.95 Å². The Labute approximate surface area is 141 Å². The van der Waals surface area contributed by atoms with Crippen molar-refractivity contribution in [3.63, 3.8) is 0 Å². The van der Waals surface area contributed by atoms with E-state index in [1.165, 1.54) is 30.6 Å². The van der Waals surface area contributed by atoms with Crippen LogP contribution in [-0.4, -0.2) is 15.1 Å². The third kappa shape index (κ3) is 4.37. The number of aromatic hydroxyl groups is 1. The Hall–Kier alpha value is -3.29. The van der Waals surface area contributed by atoms with E-state index >= 15 is 0 Å². The lowest BCUT2D eigenvalue weighted by molar-refractivity contribution is -0.137. The first kappa shape index (κ1) is 16.6. The highest BCUT2D eigenvalue weighted by Gasteiger charge is 2.30. The van der Waals surface area contributed by atoms with Crippen molar-refractivity contribution in [1.29, 1.82) is 0 Å². The number of halogens is 3. The average Bonchev–Trinajstić information content (AvgIpc) is 2.56. The van der Waals surface area contributed by atoms with Gasteiger partial charge in [-0.1, -0.05) is 12.1 Å². The molecule has 5 nitrogen and oxygen atoms in total. The molecular formula is C17H13F3N4O. The standard InChI is InChI=1S/C17H13F3N4O/c18-17(19,20)11-3-1-4-12(7-11)24-16-21-9-14(10-22-16)23-13-5-2-6-15(25)8-13/h1-10,23,25H,(H,21,22,24). The molecule has 0 saturated carbocycles. The molecule has 0 amide bonds. The van der Waals surface area contributed by atoms with Crippen LogP contribution in [0.2, 0.25) is 0 Å². The number of phenolic OH excluding ortho intramolecular Hbond substituents is 1. The van der Waals surface area contributed by atoms with Crippen LogP contribution in [0.1, 0.15) is 5.56 Å². The quantitative estimate of drug-likeness (QED) is 0.639. The monoisotopic (exact) mass is 346 g/mol. The molecule has 1 heterocycles. The molecule has 0 bridgehead atoms. The molecule has 0 aliphatic carbocycles. The molecule has 0 radical (unpaired) electrons. The first-order valence-corrected chi connectivity index (χ1v) is 7.22. The van der Waals surface area contributed by atoms with Crippen LogP contribution in [-0.2, 0) is 6.18 Å². The van der Waals surface area contributed by atoms with E-state index in [-0.39, 0.29) is 17.4 Å². The van der Waals surface area contributed by atoms with Gasteiger partial charge in [0, 0.05) is 17.4 Å². The van der Waals surface area contributed by atoms with Crippen molar-refractivity contribution < 1.29 is 18.3 Å². The molecule has 0 saturated heterocycles. The van der Waals surface area contributed by atoms with Crippen LogP contribution in [0.25, 0.3) is 0 Å². The molecule has 0 spiro atoms. The van der Waals surface area contributed by atoms with E-state index in [0.717, 1.165) is 12.1 Å². The molecule has 0 fully saturated rings. The molecule has 3 N–H and O–H groups in total. The molecule has 3 rings (SSSR count). The molecule has 128 valence electrons. The van der Waals surface area contributed by atoms with Gasteiger partial charge in [-0.2, -0.15) is 13.2 Å². The maximum absolute atomic E-state index is 12.7. The fourth-order valence-corrected chi connectivity index (χ4v) is 2.11. The number of anilines is 4. The number of phenols is 1. The van der Waals surface area contributed by atoms with E-state index in [4.69, 9.17) is 0 Å². The van der Waals surface area contributed by atoms with E-state index in [1.54, 1.807) is 18.2 Å². The smallest absolute Gasteiger partial charge is 0.416 e. The van der Waals surface area contributed by atoms with Gasteiger partial charge in [-0.3, -0.25) is 0 Å². The first-order valence-electron chi connectivity index (χ1n) is 7.22. The third-order valence-electron chi connectivity index (χ3n) is 3.23. The summed E-state index contributed by atoms with van der Waals surface area (Å²) in [7, 11) is 0. The lowest BCUT2D eigenvalue weighted by Crippen LogP contribution is -2.05. The summed E-state index contributed by atoms with van der Waals surface area (Å²) in [5.74, 6) is 0.287. The summed E-state index contributed by atoms with van der Waals surface area (Å²) in [5, 5.41) is 15.1. The van der Waals surface area contributed by atoms with Crippen molar-refractivity contribution in [2.75, 3.05) is 10.6 Å². The summed E-state index contributed by atoms with van der Waals surface area (Å²) in [6.07, 6.45) is -1.45. The minimum atomic E-state index is -4.41. The zero-order valence-electron chi connectivity index (χ0n) is 12.7. The van der Waals surface area contributed by atoms with Crippen LogP contribution >= 0.6 is 0 Å². The molecule has 8 heteroatoms. The van der Waals surface area contributed by atoms with Gasteiger partial charge in [0.25, 0.3) is 0 Å². The molecule has 25 heavy (non-hydrogen) atoms. The van der Waals surface area contributed by atoms with Gasteiger partial charge < -0.3 is 15.7 Å². The van der Waals surface area contributed by atoms with Crippen LogP contribution in [0, 0.1) is 0 Å². The zero-order valence-corrected chi connectivity index (χ0v) is 12.7. The summed E-state index contributed by atoms with van der Waals surface area (Å²) < 4.78 is 38.1. The van der Waals surface area contributed by atoms with Crippen LogP contribution < -0.4 is 10.6 Å². The number of hydrogen-bond donors (Lipinski definition) is 3. The summed E-state index contributed by atoms with van der Waals surface area (Å²) >= 11 is 0. The van der Waals surface area contributed by atoms with Crippen LogP contribution in [0.3, 0.4) is 0 Å². The highest BCUT2D eigenvalue weighted by atomic mass is 19.4. The van der Waals surface area contributed by atoms with Crippen LogP contribution in [0.15, 0.2) is 60.9 Å². The Morgan fingerprint density at radius 1 is 0.800 bits per heavy atom. The summed E-state index contributed by atoms with van der Waals surface area (Å²) in [6.45, 7) is 0. The van der Waals surface area contributed by atoms with Crippen molar-refractivity contribution in [3.8, 4) is 5.75 Å². The average molecular weight is 346 g/mol. The Morgan fingerprint density at radius 3 is 2.08 bits per heavy atom. The number of nitrogens with one attached hydrogen (secondary N) is 2. The Balaban J connectivity index is 1.71. The van der Waals surface area contributed by atoms with Gasteiger partial charge in [0.05, 0.1) is 23.6 Å². The topological polar surface area (TPSA) is 70.1 Å². The molecule has 0 unspecified atom stereocenters. The fourth-order valence-electron chi connectivity index (χ4n) is 2.11. The Bertz CT molecular complexity index is 866. The number of hydrogen-bond acceptors (Lipinski definition) is 5. The normalized spacial score (nSPS) is 11.2. The van der Waals surface area contributed by atoms with Crippen molar-refractivity contribution in [2.24, 2.45) is 0 Å². The van der Waals surface area contributed by atoms with Gasteiger partial charge >= 0.3 is 6.18 Å². The fraction of sp³-hybridized carbons (Fsp3) is 0.0588. The zero-order chi connectivity index (χ0) is 17.9. The van der Waals surface area contributed by atoms with E-state index in [0.29, 0.717) is 11.4 Å². The molecular weight excluding hydrogens is 333 g/mol. The van der Waals surface area contributed by atoms with Crippen molar-refractivity contribution in [3.05, 3.63) is 66.5 Å². The maximum Gasteiger partial charge on any atom is 0.416 e. The molecule has 1 aromatic heterocycles. The second-order valence-corrected chi connectivity index (χ2v) is 5.17. The van der Waals surface area contributed by atoms with Gasteiger partial charge in [-0.15, -0.1) is 0 Å². The van der Waals surface area contributed by atoms with Gasteiger partial charge in [0.15, 0.2) is 0 Å². The highest BCUT2D eigenvalue weighted by Crippen LogP contribution is 2.31. The summed E-state index contributed by atoms with van der Waals surface area (Å²) in [6, 6.07) is 11.3. The Morgan fingerprint density at radius 2 is 1.44 bits per heavy atom. The maximum atomic E-state index is 12.7. The minimum absolute atomic E-state index is 0.119. The van der Waals surface area contributed by atoms with Crippen molar-refractivity contribution in [2.45, 2.75) is 6.18 Å². The Kier molecular flexibility index (Phi) is 4.42. The predicted octanol–water partition coefficient (Wildman–Crippen LogP) is 4.69. The second-order valence-electron chi connectivity index (χ2n) is 5.17. The van der Waals surface area contributed by atoms with E-state index < -0.39 is 11.7 Å². The molecule has 0 aliphatic rings. The number of nitrogens with zero attached hydrogens (tertiary/aromatic N) is 2. The highest BCUT2D eigenvalue weighted by molar-refractivity contribution is 5.61. The van der Waals surface area contributed by atoms with E-state index in [9.17, 15) is 18.3 Å². The van der Waals surface area contributed by atoms with Gasteiger partial charge in [0.1, 0.15) is 5.75 Å². The second kappa shape index (κ2) is 6.68. The molecule has 2 aromatic carbocycles. The summed E-state index contributed by atoms with van der Waals surface area (Å²) in [4.78, 5) is 8.11. The van der Waals surface area contributed by atoms with E-state index in [2.05, 4.69) is 20.6 Å². The minimum Gasteiger partial charge on any atom is -0.508 e. The van der Waals surface area contributed by atoms with Gasteiger partial charge in [-0.25, -0.2) is 9.97 Å². The predicted molar refractivity (Wildman–Crippen MR) is 88.1 cm³/mol. The van der Waals surface area contributed by atoms with E-state index in [1.807, 2.05) is 0 Å². The van der Waals surface area contributed by atoms with Gasteiger partial charge in [-0.05, 0) is 30.3 Å². The lowest BCUT2D eigenvalue weighted by atomic mass is 10.2. The van der Waals surface area contributed by atoms with Crippen molar-refractivity contribution >= 4 is 23.0 Å². The molecule has 3 aromatic rings. The number of alkyl halides is 3. The molecule has 0 aliphatic heterocycles. The van der Waals surface area contributed by atoms with Crippen LogP contribution in [0.5, 0.6) is 5.75 Å². The lowest BCUT2D eigenvalue weighted by Gasteiger charge is -2.10. The first-order chi connectivity index (χ1) is 11.9. The largest absolute Gasteiger partial charge is 0.508 e. The number of aromatic nitrogens is 2. The SMILES string of the molecule is Oc1cccc(Nc2cnc(Nc3cccc(C(F)(F)F)c3)nc2)c1. The number of rotatable bonds is 4. The number of benzene rings is 2. The van der Waals surface area contributed by atoms with Crippen molar-refractivity contribution in [1.82, 2.24) is 9.97 Å². The molecule has 0 atom stereocenters.